The van der Waals surface area contributed by atoms with Crippen molar-refractivity contribution in [2.75, 3.05) is 25.1 Å². The highest BCUT2D eigenvalue weighted by Crippen LogP contribution is 2.54. The minimum Gasteiger partial charge on any atom is -0.491 e. The number of halogens is 1. The molecule has 0 bridgehead atoms. The van der Waals surface area contributed by atoms with E-state index in [1.807, 2.05) is 24.3 Å². The van der Waals surface area contributed by atoms with Crippen molar-refractivity contribution in [1.29, 1.82) is 0 Å². The number of anilines is 2. The molecule has 4 heterocycles. The maximum absolute atomic E-state index is 13.2. The molecule has 1 unspecified atom stereocenters. The van der Waals surface area contributed by atoms with Crippen LogP contribution < -0.4 is 15.4 Å². The first-order valence-corrected chi connectivity index (χ1v) is 12.8. The van der Waals surface area contributed by atoms with Crippen molar-refractivity contribution >= 4 is 28.9 Å². The van der Waals surface area contributed by atoms with Gasteiger partial charge in [-0.1, -0.05) is 24.6 Å². The molecular weight excluding hydrogens is 464 g/mol. The minimum absolute atomic E-state index is 0.0184. The molecule has 2 fully saturated rings. The first-order valence-electron chi connectivity index (χ1n) is 12.4. The summed E-state index contributed by atoms with van der Waals surface area (Å²) in [5.74, 6) is 0.613. The van der Waals surface area contributed by atoms with Crippen molar-refractivity contribution in [1.82, 2.24) is 15.3 Å². The Kier molecular flexibility index (Phi) is 5.69. The van der Waals surface area contributed by atoms with Gasteiger partial charge in [0, 0.05) is 53.2 Å². The summed E-state index contributed by atoms with van der Waals surface area (Å²) >= 11 is 6.51. The molecular formula is C27H29ClN4O3. The number of pyridine rings is 1. The van der Waals surface area contributed by atoms with Gasteiger partial charge < -0.3 is 25.1 Å². The summed E-state index contributed by atoms with van der Waals surface area (Å²) in [5, 5.41) is 7.40. The molecule has 8 heteroatoms. The van der Waals surface area contributed by atoms with Crippen LogP contribution in [0.5, 0.6) is 5.75 Å². The maximum atomic E-state index is 13.2. The second kappa shape index (κ2) is 8.88. The number of carbonyl (C=O) groups is 1. The van der Waals surface area contributed by atoms with E-state index in [1.165, 1.54) is 0 Å². The molecule has 1 saturated carbocycles. The quantitative estimate of drug-likeness (QED) is 0.393. The number of aromatic amines is 1. The Morgan fingerprint density at radius 2 is 2.17 bits per heavy atom. The summed E-state index contributed by atoms with van der Waals surface area (Å²) in [7, 11) is 0. The summed E-state index contributed by atoms with van der Waals surface area (Å²) in [6.07, 6.45) is 8.57. The first kappa shape index (κ1) is 22.4. The van der Waals surface area contributed by atoms with E-state index in [0.29, 0.717) is 29.5 Å². The SMILES string of the molecule is CCc1c(Cl)cccc1Nc1c(-c2ccncc2OCCC2CCO2)[nH]c2c1C(=O)NCC21CC1. The van der Waals surface area contributed by atoms with E-state index >= 15 is 0 Å². The number of nitrogens with one attached hydrogen (secondary N) is 3. The van der Waals surface area contributed by atoms with Crippen molar-refractivity contribution in [3.8, 4) is 17.0 Å². The lowest BCUT2D eigenvalue weighted by Gasteiger charge is -2.26. The van der Waals surface area contributed by atoms with E-state index < -0.39 is 0 Å². The van der Waals surface area contributed by atoms with Crippen LogP contribution in [0.2, 0.25) is 5.02 Å². The molecule has 2 aliphatic heterocycles. The molecule has 1 aromatic carbocycles. The van der Waals surface area contributed by atoms with Gasteiger partial charge in [0.2, 0.25) is 0 Å². The number of rotatable bonds is 8. The summed E-state index contributed by atoms with van der Waals surface area (Å²) in [4.78, 5) is 21.1. The third-order valence-electron chi connectivity index (χ3n) is 7.47. The number of amides is 1. The average Bonchev–Trinajstić information content (AvgIpc) is 3.51. The van der Waals surface area contributed by atoms with Crippen LogP contribution in [0.3, 0.4) is 0 Å². The zero-order valence-corrected chi connectivity index (χ0v) is 20.5. The molecule has 3 aliphatic rings. The molecule has 1 amide bonds. The number of hydrogen-bond donors (Lipinski definition) is 3. The Labute approximate surface area is 209 Å². The third-order valence-corrected chi connectivity index (χ3v) is 7.83. The fraction of sp³-hybridized carbons (Fsp3) is 0.407. The average molecular weight is 493 g/mol. The molecule has 35 heavy (non-hydrogen) atoms. The number of benzene rings is 1. The van der Waals surface area contributed by atoms with Crippen molar-refractivity contribution < 1.29 is 14.3 Å². The summed E-state index contributed by atoms with van der Waals surface area (Å²) in [6, 6.07) is 7.76. The zero-order valence-electron chi connectivity index (χ0n) is 19.7. The van der Waals surface area contributed by atoms with E-state index in [1.54, 1.807) is 12.4 Å². The third kappa shape index (κ3) is 3.96. The fourth-order valence-electron chi connectivity index (χ4n) is 5.14. The first-order chi connectivity index (χ1) is 17.1. The lowest BCUT2D eigenvalue weighted by atomic mass is 9.93. The smallest absolute Gasteiger partial charge is 0.255 e. The molecule has 1 spiro atoms. The van der Waals surface area contributed by atoms with Gasteiger partial charge in [0.15, 0.2) is 0 Å². The lowest BCUT2D eigenvalue weighted by molar-refractivity contribution is -0.0596. The van der Waals surface area contributed by atoms with E-state index in [-0.39, 0.29) is 17.4 Å². The molecule has 2 aromatic heterocycles. The fourth-order valence-corrected chi connectivity index (χ4v) is 5.45. The topological polar surface area (TPSA) is 88.3 Å². The Morgan fingerprint density at radius 1 is 1.31 bits per heavy atom. The predicted octanol–water partition coefficient (Wildman–Crippen LogP) is 5.37. The molecule has 6 rings (SSSR count). The highest BCUT2D eigenvalue weighted by Gasteiger charge is 2.51. The molecule has 1 atom stereocenters. The summed E-state index contributed by atoms with van der Waals surface area (Å²) < 4.78 is 11.7. The van der Waals surface area contributed by atoms with Gasteiger partial charge in [-0.2, -0.15) is 0 Å². The number of carbonyl (C=O) groups excluding carboxylic acids is 1. The molecule has 0 radical (unpaired) electrons. The Balaban J connectivity index is 1.44. The van der Waals surface area contributed by atoms with E-state index in [2.05, 4.69) is 27.5 Å². The van der Waals surface area contributed by atoms with Crippen LogP contribution in [-0.2, 0) is 16.6 Å². The number of hydrogen-bond acceptors (Lipinski definition) is 5. The highest BCUT2D eigenvalue weighted by molar-refractivity contribution is 6.31. The van der Waals surface area contributed by atoms with Crippen LogP contribution in [0.4, 0.5) is 11.4 Å². The normalized spacial score (nSPS) is 19.6. The van der Waals surface area contributed by atoms with Gasteiger partial charge in [-0.05, 0) is 49.4 Å². The van der Waals surface area contributed by atoms with Crippen LogP contribution >= 0.6 is 11.6 Å². The van der Waals surface area contributed by atoms with Gasteiger partial charge in [-0.3, -0.25) is 9.78 Å². The Morgan fingerprint density at radius 3 is 2.91 bits per heavy atom. The van der Waals surface area contributed by atoms with Crippen LogP contribution in [-0.4, -0.2) is 41.7 Å². The van der Waals surface area contributed by atoms with E-state index in [4.69, 9.17) is 21.1 Å². The monoisotopic (exact) mass is 492 g/mol. The molecule has 3 N–H and O–H groups in total. The highest BCUT2D eigenvalue weighted by atomic mass is 35.5. The summed E-state index contributed by atoms with van der Waals surface area (Å²) in [5.41, 5.74) is 6.02. The van der Waals surface area contributed by atoms with Crippen molar-refractivity contribution in [3.05, 3.63) is 58.5 Å². The van der Waals surface area contributed by atoms with Crippen molar-refractivity contribution in [2.24, 2.45) is 0 Å². The summed E-state index contributed by atoms with van der Waals surface area (Å²) in [6.45, 7) is 4.12. The number of nitrogens with zero attached hydrogens (tertiary/aromatic N) is 1. The molecule has 1 aliphatic carbocycles. The van der Waals surface area contributed by atoms with Gasteiger partial charge in [-0.15, -0.1) is 0 Å². The number of fused-ring (bicyclic) bond motifs is 2. The second-order valence-corrected chi connectivity index (χ2v) is 10.0. The number of ether oxygens (including phenoxy) is 2. The van der Waals surface area contributed by atoms with Gasteiger partial charge in [0.05, 0.1) is 35.9 Å². The lowest BCUT2D eigenvalue weighted by Crippen LogP contribution is -2.39. The zero-order chi connectivity index (χ0) is 24.0. The van der Waals surface area contributed by atoms with E-state index in [9.17, 15) is 4.79 Å². The van der Waals surface area contributed by atoms with E-state index in [0.717, 1.165) is 72.6 Å². The largest absolute Gasteiger partial charge is 0.491 e. The van der Waals surface area contributed by atoms with Gasteiger partial charge in [-0.25, -0.2) is 0 Å². The molecule has 3 aromatic rings. The molecule has 1 saturated heterocycles. The van der Waals surface area contributed by atoms with Crippen LogP contribution in [0.15, 0.2) is 36.7 Å². The van der Waals surface area contributed by atoms with Crippen LogP contribution in [0, 0.1) is 0 Å². The van der Waals surface area contributed by atoms with Crippen molar-refractivity contribution in [2.45, 2.75) is 50.5 Å². The minimum atomic E-state index is -0.0683. The molecule has 7 nitrogen and oxygen atoms in total. The van der Waals surface area contributed by atoms with Gasteiger partial charge >= 0.3 is 0 Å². The van der Waals surface area contributed by atoms with Crippen LogP contribution in [0.25, 0.3) is 11.3 Å². The van der Waals surface area contributed by atoms with Gasteiger partial charge in [0.25, 0.3) is 5.91 Å². The maximum Gasteiger partial charge on any atom is 0.255 e. The molecule has 182 valence electrons. The predicted molar refractivity (Wildman–Crippen MR) is 136 cm³/mol. The Bertz CT molecular complexity index is 1280. The number of aromatic nitrogens is 2. The number of H-pyrrole nitrogens is 1. The van der Waals surface area contributed by atoms with Gasteiger partial charge in [0.1, 0.15) is 5.75 Å². The van der Waals surface area contributed by atoms with Crippen LogP contribution in [0.1, 0.15) is 54.2 Å². The Hall–Kier alpha value is -3.03. The van der Waals surface area contributed by atoms with Crippen molar-refractivity contribution in [3.63, 3.8) is 0 Å². The second-order valence-electron chi connectivity index (χ2n) is 9.62. The standard InChI is InChI=1S/C27H29ClN4O3/c1-2-17-19(28)4-3-5-20(17)31-24-22-25(27(9-10-27)15-30-26(22)33)32-23(24)18-6-11-29-14-21(18)35-13-8-16-7-12-34-16/h3-6,11,14,16,31-32H,2,7-10,12-13,15H2,1H3,(H,30,33).